The van der Waals surface area contributed by atoms with E-state index in [4.69, 9.17) is 4.74 Å². The van der Waals surface area contributed by atoms with E-state index in [1.807, 2.05) is 6.07 Å². The van der Waals surface area contributed by atoms with Gasteiger partial charge in [0.25, 0.3) is 0 Å². The fraction of sp³-hybridized carbons (Fsp3) is 0.263. The highest BCUT2D eigenvalue weighted by Gasteiger charge is 2.28. The molecule has 0 saturated heterocycles. The Bertz CT molecular complexity index is 716. The number of benzene rings is 2. The Morgan fingerprint density at radius 3 is 2.24 bits per heavy atom. The van der Waals surface area contributed by atoms with Gasteiger partial charge in [-0.05, 0) is 31.2 Å². The zero-order chi connectivity index (χ0) is 18.4. The first-order valence-corrected chi connectivity index (χ1v) is 8.71. The summed E-state index contributed by atoms with van der Waals surface area (Å²) in [5.41, 5.74) is 1.08. The van der Waals surface area contributed by atoms with Crippen molar-refractivity contribution in [2.24, 2.45) is 0 Å². The van der Waals surface area contributed by atoms with Gasteiger partial charge in [0.15, 0.2) is 5.78 Å². The number of anilines is 1. The molecule has 2 unspecified atom stereocenters. The lowest BCUT2D eigenvalue weighted by Crippen LogP contribution is -2.43. The first-order valence-electron chi connectivity index (χ1n) is 7.80. The molecule has 0 spiro atoms. The van der Waals surface area contributed by atoms with Crippen molar-refractivity contribution in [2.75, 3.05) is 18.6 Å². The number of hydrogen-bond acceptors (Lipinski definition) is 4. The fourth-order valence-electron chi connectivity index (χ4n) is 2.27. The van der Waals surface area contributed by atoms with E-state index in [2.05, 4.69) is 15.9 Å². The Labute approximate surface area is 155 Å². The van der Waals surface area contributed by atoms with Crippen LogP contribution in [0.4, 0.5) is 5.69 Å². The van der Waals surface area contributed by atoms with Crippen LogP contribution in [0.5, 0.6) is 5.75 Å². The summed E-state index contributed by atoms with van der Waals surface area (Å²) in [4.78, 5) is 25.8. The van der Waals surface area contributed by atoms with Gasteiger partial charge in [0, 0.05) is 11.3 Å². The molecule has 1 N–H and O–H groups in total. The molecule has 2 aromatic rings. The molecule has 0 aliphatic rings. The average molecular weight is 406 g/mol. The van der Waals surface area contributed by atoms with Crippen molar-refractivity contribution in [2.45, 2.75) is 17.9 Å². The number of carbonyl (C=O) groups excluding carboxylic acids is 2. The number of methoxy groups -OCH3 is 1. The van der Waals surface area contributed by atoms with Crippen LogP contribution in [0.25, 0.3) is 0 Å². The highest BCUT2D eigenvalue weighted by atomic mass is 79.9. The van der Waals surface area contributed by atoms with Crippen molar-refractivity contribution in [1.29, 1.82) is 0 Å². The summed E-state index contributed by atoms with van der Waals surface area (Å²) in [5, 5.41) is 9.72. The highest BCUT2D eigenvalue weighted by molar-refractivity contribution is 9.10. The predicted molar refractivity (Wildman–Crippen MR) is 101 cm³/mol. The van der Waals surface area contributed by atoms with Crippen molar-refractivity contribution >= 4 is 33.3 Å². The van der Waals surface area contributed by atoms with Crippen LogP contribution in [0.1, 0.15) is 17.3 Å². The van der Waals surface area contributed by atoms with Gasteiger partial charge in [0.05, 0.1) is 19.8 Å². The van der Waals surface area contributed by atoms with E-state index < -0.39 is 10.9 Å². The minimum Gasteiger partial charge on any atom is -0.497 e. The monoisotopic (exact) mass is 405 g/mol. The number of Topliss-reactive ketones (excluding diaryl/α,β-unsaturated/α-hetero) is 1. The number of ether oxygens (including phenoxy) is 1. The molecule has 0 saturated carbocycles. The Hall–Kier alpha value is -2.18. The maximum atomic E-state index is 12.7. The molecule has 0 aliphatic heterocycles. The molecule has 0 radical (unpaired) electrons. The van der Waals surface area contributed by atoms with E-state index in [1.54, 1.807) is 55.6 Å². The molecule has 0 aliphatic carbocycles. The Morgan fingerprint density at radius 1 is 1.12 bits per heavy atom. The number of halogens is 1. The molecular formula is C19H20BrNO4. The molecule has 132 valence electrons. The van der Waals surface area contributed by atoms with Gasteiger partial charge in [-0.3, -0.25) is 9.59 Å². The smallest absolute Gasteiger partial charge is 0.243 e. The molecule has 5 nitrogen and oxygen atoms in total. The quantitative estimate of drug-likeness (QED) is 0.567. The van der Waals surface area contributed by atoms with Crippen LogP contribution in [0.3, 0.4) is 0 Å². The van der Waals surface area contributed by atoms with Gasteiger partial charge in [-0.1, -0.05) is 46.3 Å². The molecule has 2 aromatic carbocycles. The lowest BCUT2D eigenvalue weighted by molar-refractivity contribution is -0.119. The molecule has 0 fully saturated rings. The van der Waals surface area contributed by atoms with E-state index >= 15 is 0 Å². The molecule has 1 amide bonds. The molecular weight excluding hydrogens is 386 g/mol. The summed E-state index contributed by atoms with van der Waals surface area (Å²) in [6.45, 7) is 1.40. The normalized spacial score (nSPS) is 13.0. The lowest BCUT2D eigenvalue weighted by atomic mass is 10.1. The van der Waals surface area contributed by atoms with Crippen molar-refractivity contribution in [1.82, 2.24) is 0 Å². The average Bonchev–Trinajstić information content (AvgIpc) is 2.65. The molecule has 2 atom stereocenters. The molecule has 0 bridgehead atoms. The van der Waals surface area contributed by atoms with Gasteiger partial charge in [-0.2, -0.15) is 0 Å². The van der Waals surface area contributed by atoms with Crippen molar-refractivity contribution < 1.29 is 19.4 Å². The van der Waals surface area contributed by atoms with Crippen LogP contribution in [-0.4, -0.2) is 41.4 Å². The molecule has 2 rings (SSSR count). The van der Waals surface area contributed by atoms with Crippen molar-refractivity contribution in [3.8, 4) is 5.75 Å². The van der Waals surface area contributed by atoms with Gasteiger partial charge < -0.3 is 14.7 Å². The van der Waals surface area contributed by atoms with E-state index in [9.17, 15) is 14.7 Å². The minimum absolute atomic E-state index is 0.121. The second kappa shape index (κ2) is 8.78. The van der Waals surface area contributed by atoms with Crippen LogP contribution in [-0.2, 0) is 4.79 Å². The number of carbonyl (C=O) groups is 2. The van der Waals surface area contributed by atoms with E-state index in [1.165, 1.54) is 11.8 Å². The number of rotatable bonds is 7. The van der Waals surface area contributed by atoms with Crippen LogP contribution >= 0.6 is 15.9 Å². The Balaban J connectivity index is 2.31. The summed E-state index contributed by atoms with van der Waals surface area (Å²) in [6, 6.07) is 15.6. The summed E-state index contributed by atoms with van der Waals surface area (Å²) >= 11 is 3.20. The number of nitrogens with zero attached hydrogens (tertiary/aromatic N) is 1. The standard InChI is InChI=1S/C19H20BrNO4/c1-13(22)18(20)19(24)21(15-8-10-16(25-2)11-9-15)12-17(23)14-6-4-3-5-7-14/h3-11,13,18,22H,12H2,1-2H3. The third kappa shape index (κ3) is 4.90. The van der Waals surface area contributed by atoms with Gasteiger partial charge in [-0.25, -0.2) is 0 Å². The third-order valence-corrected chi connectivity index (χ3v) is 4.86. The summed E-state index contributed by atoms with van der Waals surface area (Å²) in [7, 11) is 1.55. The van der Waals surface area contributed by atoms with Crippen molar-refractivity contribution in [3.63, 3.8) is 0 Å². The fourth-order valence-corrected chi connectivity index (χ4v) is 2.52. The molecule has 6 heteroatoms. The van der Waals surface area contributed by atoms with Crippen LogP contribution < -0.4 is 9.64 Å². The van der Waals surface area contributed by atoms with E-state index in [0.29, 0.717) is 17.0 Å². The highest BCUT2D eigenvalue weighted by Crippen LogP contribution is 2.22. The van der Waals surface area contributed by atoms with Gasteiger partial charge in [-0.15, -0.1) is 0 Å². The number of alkyl halides is 1. The van der Waals surface area contributed by atoms with Crippen molar-refractivity contribution in [3.05, 3.63) is 60.2 Å². The topological polar surface area (TPSA) is 66.8 Å². The summed E-state index contributed by atoms with van der Waals surface area (Å²) in [5.74, 6) is 0.0796. The number of ketones is 1. The lowest BCUT2D eigenvalue weighted by Gasteiger charge is -2.26. The molecule has 0 heterocycles. The molecule has 25 heavy (non-hydrogen) atoms. The van der Waals surface area contributed by atoms with Gasteiger partial charge in [0.1, 0.15) is 10.6 Å². The zero-order valence-corrected chi connectivity index (χ0v) is 15.6. The second-order valence-electron chi connectivity index (χ2n) is 5.55. The Morgan fingerprint density at radius 2 is 1.72 bits per heavy atom. The first kappa shape index (κ1) is 19.1. The molecule has 0 aromatic heterocycles. The predicted octanol–water partition coefficient (Wildman–Crippen LogP) is 3.06. The maximum Gasteiger partial charge on any atom is 0.243 e. The largest absolute Gasteiger partial charge is 0.497 e. The summed E-state index contributed by atoms with van der Waals surface area (Å²) in [6.07, 6.45) is -0.889. The number of amides is 1. The number of aliphatic hydroxyl groups is 1. The second-order valence-corrected chi connectivity index (χ2v) is 6.54. The van der Waals surface area contributed by atoms with Crippen LogP contribution in [0, 0.1) is 0 Å². The third-order valence-electron chi connectivity index (χ3n) is 3.71. The maximum absolute atomic E-state index is 12.7. The number of hydrogen-bond donors (Lipinski definition) is 1. The SMILES string of the molecule is COc1ccc(N(CC(=O)c2ccccc2)C(=O)C(Br)C(C)O)cc1. The van der Waals surface area contributed by atoms with Crippen LogP contribution in [0.15, 0.2) is 54.6 Å². The zero-order valence-electron chi connectivity index (χ0n) is 14.1. The summed E-state index contributed by atoms with van der Waals surface area (Å²) < 4.78 is 5.13. The Kier molecular flexibility index (Phi) is 6.73. The number of aliphatic hydroxyl groups excluding tert-OH is 1. The minimum atomic E-state index is -0.889. The van der Waals surface area contributed by atoms with E-state index in [0.717, 1.165) is 0 Å². The van der Waals surface area contributed by atoms with Crippen LogP contribution in [0.2, 0.25) is 0 Å². The first-order chi connectivity index (χ1) is 11.9. The van der Waals surface area contributed by atoms with Gasteiger partial charge in [0.2, 0.25) is 5.91 Å². The van der Waals surface area contributed by atoms with E-state index in [-0.39, 0.29) is 18.2 Å². The van der Waals surface area contributed by atoms with Gasteiger partial charge >= 0.3 is 0 Å².